The summed E-state index contributed by atoms with van der Waals surface area (Å²) in [5, 5.41) is 0. The lowest BCUT2D eigenvalue weighted by atomic mass is 9.94. The molecular weight excluding hydrogens is 308 g/mol. The number of para-hydroxylation sites is 1. The van der Waals surface area contributed by atoms with E-state index in [-0.39, 0.29) is 18.4 Å². The Morgan fingerprint density at radius 2 is 2.00 bits per heavy atom. The molecule has 1 aromatic rings. The van der Waals surface area contributed by atoms with Crippen LogP contribution in [0.1, 0.15) is 39.0 Å². The average Bonchev–Trinajstić information content (AvgIpc) is 2.59. The summed E-state index contributed by atoms with van der Waals surface area (Å²) < 4.78 is 0. The van der Waals surface area contributed by atoms with Gasteiger partial charge in [0.25, 0.3) is 0 Å². The van der Waals surface area contributed by atoms with Crippen LogP contribution < -0.4 is 4.90 Å². The van der Waals surface area contributed by atoms with Crippen molar-refractivity contribution in [2.24, 2.45) is 0 Å². The molecule has 0 atom stereocenters. The molecule has 0 unspecified atom stereocenters. The third-order valence-electron chi connectivity index (χ3n) is 4.78. The summed E-state index contributed by atoms with van der Waals surface area (Å²) >= 11 is 1.55. The number of hydrogen-bond acceptors (Lipinski definition) is 3. The van der Waals surface area contributed by atoms with Gasteiger partial charge in [0.1, 0.15) is 6.54 Å². The molecule has 1 aliphatic heterocycles. The van der Waals surface area contributed by atoms with E-state index in [1.807, 2.05) is 36.1 Å². The third-order valence-corrected chi connectivity index (χ3v) is 5.83. The van der Waals surface area contributed by atoms with E-state index in [0.29, 0.717) is 11.8 Å². The van der Waals surface area contributed by atoms with Gasteiger partial charge in [-0.3, -0.25) is 9.59 Å². The van der Waals surface area contributed by atoms with Crippen LogP contribution in [-0.4, -0.2) is 41.6 Å². The van der Waals surface area contributed by atoms with Crippen molar-refractivity contribution in [2.45, 2.75) is 50.0 Å². The molecule has 1 aliphatic carbocycles. The molecular formula is C18H24N2O2S. The van der Waals surface area contributed by atoms with E-state index in [1.165, 1.54) is 19.3 Å². The minimum Gasteiger partial charge on any atom is -0.338 e. The van der Waals surface area contributed by atoms with E-state index < -0.39 is 0 Å². The first kappa shape index (κ1) is 16.4. The zero-order valence-electron chi connectivity index (χ0n) is 13.7. The Labute approximate surface area is 142 Å². The Morgan fingerprint density at radius 3 is 2.74 bits per heavy atom. The van der Waals surface area contributed by atoms with Crippen LogP contribution in [0.25, 0.3) is 0 Å². The van der Waals surface area contributed by atoms with Gasteiger partial charge in [-0.25, -0.2) is 0 Å². The number of carbonyl (C=O) groups excluding carboxylic acids is 2. The van der Waals surface area contributed by atoms with Gasteiger partial charge in [0.15, 0.2) is 0 Å². The molecule has 124 valence electrons. The molecule has 0 N–H and O–H groups in total. The lowest BCUT2D eigenvalue weighted by molar-refractivity contribution is -0.133. The molecule has 1 saturated carbocycles. The molecule has 2 amide bonds. The Bertz CT molecular complexity index is 584. The fourth-order valence-corrected chi connectivity index (χ4v) is 4.52. The highest BCUT2D eigenvalue weighted by molar-refractivity contribution is 8.00. The highest BCUT2D eigenvalue weighted by Crippen LogP contribution is 2.35. The molecule has 1 fully saturated rings. The van der Waals surface area contributed by atoms with Gasteiger partial charge in [-0.05, 0) is 31.9 Å². The molecule has 0 radical (unpaired) electrons. The quantitative estimate of drug-likeness (QED) is 0.849. The Hall–Kier alpha value is -1.49. The highest BCUT2D eigenvalue weighted by atomic mass is 32.2. The van der Waals surface area contributed by atoms with E-state index in [4.69, 9.17) is 0 Å². The van der Waals surface area contributed by atoms with Gasteiger partial charge in [0.2, 0.25) is 11.8 Å². The second-order valence-electron chi connectivity index (χ2n) is 6.21. The first-order valence-corrected chi connectivity index (χ1v) is 9.51. The highest BCUT2D eigenvalue weighted by Gasteiger charge is 2.30. The van der Waals surface area contributed by atoms with Gasteiger partial charge in [0.05, 0.1) is 11.4 Å². The summed E-state index contributed by atoms with van der Waals surface area (Å²) in [4.78, 5) is 29.9. The number of rotatable bonds is 4. The minimum absolute atomic E-state index is 0.0294. The number of carbonyl (C=O) groups is 2. The monoisotopic (exact) mass is 332 g/mol. The van der Waals surface area contributed by atoms with Crippen molar-refractivity contribution in [3.8, 4) is 0 Å². The topological polar surface area (TPSA) is 40.6 Å². The fourth-order valence-electron chi connectivity index (χ4n) is 3.58. The average molecular weight is 332 g/mol. The molecule has 23 heavy (non-hydrogen) atoms. The third kappa shape index (κ3) is 3.55. The molecule has 0 bridgehead atoms. The largest absolute Gasteiger partial charge is 0.338 e. The zero-order chi connectivity index (χ0) is 16.2. The van der Waals surface area contributed by atoms with Crippen molar-refractivity contribution < 1.29 is 9.59 Å². The van der Waals surface area contributed by atoms with Crippen molar-refractivity contribution in [3.05, 3.63) is 24.3 Å². The molecule has 5 heteroatoms. The van der Waals surface area contributed by atoms with Gasteiger partial charge in [0, 0.05) is 17.5 Å². The van der Waals surface area contributed by atoms with Gasteiger partial charge in [-0.1, -0.05) is 31.4 Å². The second-order valence-corrected chi connectivity index (χ2v) is 7.23. The van der Waals surface area contributed by atoms with Gasteiger partial charge in [-0.15, -0.1) is 11.8 Å². The maximum atomic E-state index is 12.8. The minimum atomic E-state index is 0.0294. The van der Waals surface area contributed by atoms with Crippen molar-refractivity contribution in [2.75, 3.05) is 23.7 Å². The number of amides is 2. The smallest absolute Gasteiger partial charge is 0.242 e. The maximum Gasteiger partial charge on any atom is 0.242 e. The fraction of sp³-hybridized carbons (Fsp3) is 0.556. The predicted molar refractivity (Wildman–Crippen MR) is 93.8 cm³/mol. The number of thioether (sulfide) groups is 1. The normalized spacial score (nSPS) is 18.7. The van der Waals surface area contributed by atoms with E-state index in [9.17, 15) is 9.59 Å². The first-order valence-electron chi connectivity index (χ1n) is 8.52. The predicted octanol–water partition coefficient (Wildman–Crippen LogP) is 3.31. The molecule has 0 spiro atoms. The summed E-state index contributed by atoms with van der Waals surface area (Å²) in [6.45, 7) is 2.93. The Morgan fingerprint density at radius 1 is 1.26 bits per heavy atom. The number of nitrogens with zero attached hydrogens (tertiary/aromatic N) is 2. The number of anilines is 1. The summed E-state index contributed by atoms with van der Waals surface area (Å²) in [6, 6.07) is 8.20. The van der Waals surface area contributed by atoms with E-state index in [1.54, 1.807) is 16.7 Å². The van der Waals surface area contributed by atoms with E-state index >= 15 is 0 Å². The van der Waals surface area contributed by atoms with Crippen molar-refractivity contribution in [1.29, 1.82) is 0 Å². The number of fused-ring (bicyclic) bond motifs is 1. The summed E-state index contributed by atoms with van der Waals surface area (Å²) in [7, 11) is 0. The van der Waals surface area contributed by atoms with Crippen LogP contribution in [0.4, 0.5) is 5.69 Å². The van der Waals surface area contributed by atoms with Crippen LogP contribution in [0.2, 0.25) is 0 Å². The van der Waals surface area contributed by atoms with Crippen LogP contribution in [0.15, 0.2) is 29.2 Å². The van der Waals surface area contributed by atoms with E-state index in [0.717, 1.165) is 30.0 Å². The van der Waals surface area contributed by atoms with Crippen molar-refractivity contribution >= 4 is 29.3 Å². The van der Waals surface area contributed by atoms with Crippen molar-refractivity contribution in [1.82, 2.24) is 4.90 Å². The van der Waals surface area contributed by atoms with E-state index in [2.05, 4.69) is 0 Å². The first-order chi connectivity index (χ1) is 11.2. The Kier molecular flexibility index (Phi) is 5.26. The molecule has 0 saturated heterocycles. The lowest BCUT2D eigenvalue weighted by Crippen LogP contribution is -2.48. The molecule has 4 nitrogen and oxygen atoms in total. The number of likely N-dealkylation sites (N-methyl/N-ethyl adjacent to an activating group) is 1. The SMILES string of the molecule is CCN(C(=O)CN1C(=O)CSc2ccccc21)C1CCCCC1. The zero-order valence-corrected chi connectivity index (χ0v) is 14.5. The van der Waals surface area contributed by atoms with Crippen LogP contribution in [0.5, 0.6) is 0 Å². The lowest BCUT2D eigenvalue weighted by Gasteiger charge is -2.36. The standard InChI is InChI=1S/C18H24N2O2S/c1-2-19(14-8-4-3-5-9-14)17(21)12-20-15-10-6-7-11-16(15)23-13-18(20)22/h6-7,10-11,14H,2-5,8-9,12-13H2,1H3. The van der Waals surface area contributed by atoms with Crippen LogP contribution in [0, 0.1) is 0 Å². The molecule has 1 aromatic carbocycles. The van der Waals surface area contributed by atoms with Gasteiger partial charge >= 0.3 is 0 Å². The van der Waals surface area contributed by atoms with Crippen LogP contribution in [0.3, 0.4) is 0 Å². The second kappa shape index (κ2) is 7.39. The van der Waals surface area contributed by atoms with Gasteiger partial charge < -0.3 is 9.80 Å². The van der Waals surface area contributed by atoms with Crippen LogP contribution in [-0.2, 0) is 9.59 Å². The molecule has 2 aliphatic rings. The van der Waals surface area contributed by atoms with Crippen molar-refractivity contribution in [3.63, 3.8) is 0 Å². The number of hydrogen-bond donors (Lipinski definition) is 0. The molecule has 0 aromatic heterocycles. The number of benzene rings is 1. The molecule has 1 heterocycles. The summed E-state index contributed by atoms with van der Waals surface area (Å²) in [6.07, 6.45) is 5.88. The van der Waals surface area contributed by atoms with Crippen LogP contribution >= 0.6 is 11.8 Å². The summed E-state index contributed by atoms with van der Waals surface area (Å²) in [5.41, 5.74) is 0.877. The maximum absolute atomic E-state index is 12.8. The van der Waals surface area contributed by atoms with Gasteiger partial charge in [-0.2, -0.15) is 0 Å². The Balaban J connectivity index is 1.74. The summed E-state index contributed by atoms with van der Waals surface area (Å²) in [5.74, 6) is 0.524. The molecule has 3 rings (SSSR count).